The van der Waals surface area contributed by atoms with Crippen molar-refractivity contribution in [2.45, 2.75) is 129 Å². The molecule has 0 saturated heterocycles. The van der Waals surface area contributed by atoms with Crippen LogP contribution < -0.4 is 25.4 Å². The number of ether oxygens (including phenoxy) is 2. The number of benzene rings is 6. The van der Waals surface area contributed by atoms with Gasteiger partial charge in [0.05, 0.1) is 18.6 Å². The largest absolute Gasteiger partial charge is 0.508 e. The van der Waals surface area contributed by atoms with Crippen LogP contribution in [0.5, 0.6) is 34.5 Å². The molecule has 0 aliphatic heterocycles. The maximum absolute atomic E-state index is 12.7. The van der Waals surface area contributed by atoms with Crippen LogP contribution in [0.2, 0.25) is 0 Å². The molecule has 6 N–H and O–H groups in total. The van der Waals surface area contributed by atoms with Crippen molar-refractivity contribution in [2.24, 2.45) is 0 Å². The quantitative estimate of drug-likeness (QED) is 0.0495. The third-order valence-corrected chi connectivity index (χ3v) is 10.4. The van der Waals surface area contributed by atoms with Gasteiger partial charge in [-0.25, -0.2) is 0 Å². The van der Waals surface area contributed by atoms with E-state index in [9.17, 15) is 24.6 Å². The Labute approximate surface area is 431 Å². The number of aliphatic hydroxyl groups excluding tert-OH is 1. The van der Waals surface area contributed by atoms with Crippen molar-refractivity contribution in [1.29, 1.82) is 0 Å². The van der Waals surface area contributed by atoms with Crippen LogP contribution in [0.1, 0.15) is 129 Å². The highest BCUT2D eigenvalue weighted by molar-refractivity contribution is 5.97. The van der Waals surface area contributed by atoms with Gasteiger partial charge in [0.2, 0.25) is 11.8 Å². The van der Waals surface area contributed by atoms with Crippen molar-refractivity contribution in [3.8, 4) is 34.5 Å². The fourth-order valence-electron chi connectivity index (χ4n) is 7.13. The van der Waals surface area contributed by atoms with Crippen molar-refractivity contribution >= 4 is 17.7 Å². The van der Waals surface area contributed by atoms with Crippen LogP contribution in [0.3, 0.4) is 0 Å². The molecule has 0 aliphatic carbocycles. The topological polar surface area (TPSA) is 166 Å². The summed E-state index contributed by atoms with van der Waals surface area (Å²) in [6.07, 6.45) is 2.81. The summed E-state index contributed by atoms with van der Waals surface area (Å²) in [5, 5.41) is 37.2. The molecule has 0 aromatic heterocycles. The molecule has 72 heavy (non-hydrogen) atoms. The molecule has 3 amide bonds. The van der Waals surface area contributed by atoms with Gasteiger partial charge in [-0.3, -0.25) is 14.4 Å². The number of aromatic hydroxyl groups is 2. The van der Waals surface area contributed by atoms with Gasteiger partial charge >= 0.3 is 0 Å². The summed E-state index contributed by atoms with van der Waals surface area (Å²) in [4.78, 5) is 36.9. The molecule has 0 unspecified atom stereocenters. The maximum Gasteiger partial charge on any atom is 0.255 e. The molecule has 0 saturated carbocycles. The van der Waals surface area contributed by atoms with Gasteiger partial charge in [-0.1, -0.05) is 147 Å². The highest BCUT2D eigenvalue weighted by Crippen LogP contribution is 2.34. The Hall–Kier alpha value is -7.11. The average Bonchev–Trinajstić information content (AvgIpc) is 3.40. The lowest BCUT2D eigenvalue weighted by Gasteiger charge is -2.16. The van der Waals surface area contributed by atoms with E-state index in [2.05, 4.69) is 28.1 Å². The van der Waals surface area contributed by atoms with E-state index in [0.717, 1.165) is 63.1 Å². The first-order valence-corrected chi connectivity index (χ1v) is 25.5. The molecule has 6 aromatic rings. The summed E-state index contributed by atoms with van der Waals surface area (Å²) in [6.45, 7) is 26.9. The number of aryl methyl sites for hydroxylation is 6. The monoisotopic (exact) mass is 986 g/mol. The first-order chi connectivity index (χ1) is 34.8. The first-order valence-electron chi connectivity index (χ1n) is 25.5. The number of carbonyl (C=O) groups excluding carboxylic acids is 3. The zero-order valence-corrected chi connectivity index (χ0v) is 45.3. The van der Waals surface area contributed by atoms with Gasteiger partial charge in [0, 0.05) is 26.1 Å². The van der Waals surface area contributed by atoms with Crippen LogP contribution in [0.15, 0.2) is 121 Å². The number of carbonyl (C=O) groups is 3. The molecule has 11 nitrogen and oxygen atoms in total. The van der Waals surface area contributed by atoms with Gasteiger partial charge in [-0.2, -0.15) is 0 Å². The van der Waals surface area contributed by atoms with E-state index < -0.39 is 0 Å². The standard InChI is InChI=1S/C28H32N2O5.C25H27NO3.4C2H6/c1-3-22-16-21(9-12-26(33)29-13-14-31)15-19(2)27(22)35-23-10-11-25(32)24(17-23)28(34)30-18-20-7-5-4-6-8-20;1-17-15-22(9-10-23(17)27)29-25-18(2)13-21(14-19(25)3)16-24(28)26-12-11-20-7-5-4-6-8-20;4*1-2/h4-8,10-11,15-17,31-32H,3,9,12-14,18H2,1-2H3,(H,29,33)(H,30,34);4-10,13-15,27H,11-12,16H2,1-3H3,(H,26,28);4*1-2H3. The van der Waals surface area contributed by atoms with Crippen LogP contribution in [0.4, 0.5) is 0 Å². The second kappa shape index (κ2) is 35.9. The van der Waals surface area contributed by atoms with Crippen LogP contribution in [0.25, 0.3) is 0 Å². The minimum absolute atomic E-state index is 0.0163. The van der Waals surface area contributed by atoms with E-state index in [1.165, 1.54) is 17.7 Å². The molecule has 0 aliphatic rings. The Morgan fingerprint density at radius 1 is 0.500 bits per heavy atom. The summed E-state index contributed by atoms with van der Waals surface area (Å²) in [5.41, 5.74) is 8.92. The van der Waals surface area contributed by atoms with Gasteiger partial charge in [-0.15, -0.1) is 0 Å². The number of aliphatic hydroxyl groups is 1. The second-order valence-corrected chi connectivity index (χ2v) is 15.6. The maximum atomic E-state index is 12.7. The van der Waals surface area contributed by atoms with Crippen molar-refractivity contribution in [2.75, 3.05) is 19.7 Å². The summed E-state index contributed by atoms with van der Waals surface area (Å²) in [6, 6.07) is 37.5. The fourth-order valence-corrected chi connectivity index (χ4v) is 7.13. The molecular formula is C61H83N3O8. The zero-order chi connectivity index (χ0) is 54.0. The number of phenols is 2. The average molecular weight is 986 g/mol. The van der Waals surface area contributed by atoms with Crippen molar-refractivity contribution in [1.82, 2.24) is 16.0 Å². The third-order valence-electron chi connectivity index (χ3n) is 10.4. The third kappa shape index (κ3) is 21.9. The number of hydrogen-bond donors (Lipinski definition) is 6. The minimum atomic E-state index is -0.390. The normalized spacial score (nSPS) is 9.75. The Bertz CT molecular complexity index is 2490. The van der Waals surface area contributed by atoms with E-state index in [1.807, 2.05) is 169 Å². The highest BCUT2D eigenvalue weighted by atomic mass is 16.5. The Kier molecular flexibility index (Phi) is 31.4. The van der Waals surface area contributed by atoms with E-state index in [0.29, 0.717) is 49.6 Å². The molecule has 0 fully saturated rings. The highest BCUT2D eigenvalue weighted by Gasteiger charge is 2.16. The molecule has 0 radical (unpaired) electrons. The smallest absolute Gasteiger partial charge is 0.255 e. The van der Waals surface area contributed by atoms with Crippen LogP contribution >= 0.6 is 0 Å². The molecule has 390 valence electrons. The summed E-state index contributed by atoms with van der Waals surface area (Å²) in [5.74, 6) is 2.26. The molecule has 6 rings (SSSR count). The zero-order valence-electron chi connectivity index (χ0n) is 45.3. The lowest BCUT2D eigenvalue weighted by molar-refractivity contribution is -0.121. The second-order valence-electron chi connectivity index (χ2n) is 15.6. The van der Waals surface area contributed by atoms with Gasteiger partial charge in [0.1, 0.15) is 34.5 Å². The van der Waals surface area contributed by atoms with E-state index >= 15 is 0 Å². The molecule has 0 spiro atoms. The predicted molar refractivity (Wildman–Crippen MR) is 296 cm³/mol. The lowest BCUT2D eigenvalue weighted by atomic mass is 10.00. The summed E-state index contributed by atoms with van der Waals surface area (Å²) < 4.78 is 12.2. The number of phenolic OH excluding ortho intramolecular Hbond substituents is 2. The summed E-state index contributed by atoms with van der Waals surface area (Å²) >= 11 is 0. The molecule has 11 heteroatoms. The van der Waals surface area contributed by atoms with Crippen molar-refractivity contribution < 1.29 is 39.2 Å². The van der Waals surface area contributed by atoms with E-state index in [-0.39, 0.29) is 47.9 Å². The minimum Gasteiger partial charge on any atom is -0.508 e. The van der Waals surface area contributed by atoms with Crippen molar-refractivity contribution in [3.05, 3.63) is 177 Å². The molecule has 0 atom stereocenters. The number of hydrogen-bond acceptors (Lipinski definition) is 8. The predicted octanol–water partition coefficient (Wildman–Crippen LogP) is 13.1. The fraction of sp³-hybridized carbons (Fsp3) is 0.361. The molecular weight excluding hydrogens is 903 g/mol. The van der Waals surface area contributed by atoms with Crippen LogP contribution in [-0.2, 0) is 41.8 Å². The first kappa shape index (κ1) is 62.9. The number of rotatable bonds is 18. The van der Waals surface area contributed by atoms with E-state index in [4.69, 9.17) is 14.6 Å². The van der Waals surface area contributed by atoms with Gasteiger partial charge in [0.15, 0.2) is 0 Å². The van der Waals surface area contributed by atoms with Crippen LogP contribution in [0, 0.1) is 27.7 Å². The van der Waals surface area contributed by atoms with Gasteiger partial charge < -0.3 is 40.7 Å². The lowest BCUT2D eigenvalue weighted by Crippen LogP contribution is -2.27. The Morgan fingerprint density at radius 3 is 1.58 bits per heavy atom. The number of nitrogens with one attached hydrogen (secondary N) is 3. The van der Waals surface area contributed by atoms with Crippen molar-refractivity contribution in [3.63, 3.8) is 0 Å². The van der Waals surface area contributed by atoms with E-state index in [1.54, 1.807) is 18.2 Å². The molecule has 6 aromatic carbocycles. The summed E-state index contributed by atoms with van der Waals surface area (Å²) in [7, 11) is 0. The van der Waals surface area contributed by atoms with Crippen LogP contribution in [-0.4, -0.2) is 52.7 Å². The SMILES string of the molecule is CC.CC.CC.CC.CCc1cc(CCC(=O)NCCO)cc(C)c1Oc1ccc(O)c(C(=O)NCc2ccccc2)c1.Cc1cc(Oc2c(C)cc(CC(=O)NCCc3ccccc3)cc2C)ccc1O. The molecule has 0 bridgehead atoms. The Morgan fingerprint density at radius 2 is 1.01 bits per heavy atom. The van der Waals surface area contributed by atoms with Gasteiger partial charge in [-0.05, 0) is 133 Å². The molecule has 0 heterocycles. The Balaban J connectivity index is 0.000000640. The number of amides is 3. The van der Waals surface area contributed by atoms with Gasteiger partial charge in [0.25, 0.3) is 5.91 Å².